The second-order valence-electron chi connectivity index (χ2n) is 10.0. The SMILES string of the molecule is CC1=C(C(=O)OCc2ccccc2)[C@@H](c2cccs2)n2c(s/c(=C/c3ccc(C(C)(C)C)cc3)c2=O)=N1. The highest BCUT2D eigenvalue weighted by Crippen LogP contribution is 2.33. The molecular formula is C30H28N2O3S2. The van der Waals surface area contributed by atoms with Crippen LogP contribution in [0.15, 0.2) is 93.2 Å². The van der Waals surface area contributed by atoms with Crippen LogP contribution in [0.3, 0.4) is 0 Å². The van der Waals surface area contributed by atoms with Crippen LogP contribution in [0.1, 0.15) is 55.3 Å². The molecule has 0 radical (unpaired) electrons. The molecule has 1 aliphatic heterocycles. The Morgan fingerprint density at radius 2 is 1.78 bits per heavy atom. The van der Waals surface area contributed by atoms with Crippen molar-refractivity contribution in [2.24, 2.45) is 4.99 Å². The molecule has 0 unspecified atom stereocenters. The molecule has 2 aromatic heterocycles. The molecule has 0 amide bonds. The van der Waals surface area contributed by atoms with Crippen LogP contribution in [0.25, 0.3) is 6.08 Å². The van der Waals surface area contributed by atoms with Crippen molar-refractivity contribution in [2.45, 2.75) is 45.8 Å². The van der Waals surface area contributed by atoms with Crippen LogP contribution in [0.5, 0.6) is 0 Å². The maximum atomic E-state index is 13.7. The van der Waals surface area contributed by atoms with Crippen LogP contribution in [-0.2, 0) is 21.6 Å². The molecule has 37 heavy (non-hydrogen) atoms. The Bertz CT molecular complexity index is 1640. The van der Waals surface area contributed by atoms with Crippen molar-refractivity contribution in [2.75, 3.05) is 0 Å². The van der Waals surface area contributed by atoms with Gasteiger partial charge in [0.25, 0.3) is 5.56 Å². The highest BCUT2D eigenvalue weighted by molar-refractivity contribution is 7.10. The Morgan fingerprint density at radius 1 is 1.05 bits per heavy atom. The number of aromatic nitrogens is 1. The summed E-state index contributed by atoms with van der Waals surface area (Å²) in [7, 11) is 0. The number of fused-ring (bicyclic) bond motifs is 1. The van der Waals surface area contributed by atoms with Crippen LogP contribution in [0.2, 0.25) is 0 Å². The van der Waals surface area contributed by atoms with Crippen LogP contribution < -0.4 is 14.9 Å². The van der Waals surface area contributed by atoms with Crippen molar-refractivity contribution in [1.82, 2.24) is 4.57 Å². The van der Waals surface area contributed by atoms with Crippen molar-refractivity contribution in [3.8, 4) is 0 Å². The van der Waals surface area contributed by atoms with E-state index in [0.717, 1.165) is 16.0 Å². The number of carbonyl (C=O) groups excluding carboxylic acids is 1. The first kappa shape index (κ1) is 25.1. The predicted octanol–water partition coefficient (Wildman–Crippen LogP) is 5.34. The number of thiophene rings is 1. The minimum absolute atomic E-state index is 0.0572. The zero-order valence-electron chi connectivity index (χ0n) is 21.2. The fourth-order valence-corrected chi connectivity index (χ4v) is 6.20. The first-order valence-electron chi connectivity index (χ1n) is 12.1. The number of ether oxygens (including phenoxy) is 1. The van der Waals surface area contributed by atoms with Gasteiger partial charge in [0.15, 0.2) is 4.80 Å². The lowest BCUT2D eigenvalue weighted by Crippen LogP contribution is -2.39. The largest absolute Gasteiger partial charge is 0.457 e. The molecule has 1 atom stereocenters. The third-order valence-corrected chi connectivity index (χ3v) is 8.25. The van der Waals surface area contributed by atoms with Crippen molar-refractivity contribution < 1.29 is 9.53 Å². The molecular weight excluding hydrogens is 500 g/mol. The third kappa shape index (κ3) is 5.15. The number of nitrogens with zero attached hydrogens (tertiary/aromatic N) is 2. The maximum Gasteiger partial charge on any atom is 0.338 e. The van der Waals surface area contributed by atoms with Gasteiger partial charge in [0.2, 0.25) is 0 Å². The molecule has 0 bridgehead atoms. The predicted molar refractivity (Wildman–Crippen MR) is 149 cm³/mol. The Kier molecular flexibility index (Phi) is 6.84. The van der Waals surface area contributed by atoms with Gasteiger partial charge in [0.1, 0.15) is 12.6 Å². The van der Waals surface area contributed by atoms with Crippen LogP contribution in [0, 0.1) is 0 Å². The van der Waals surface area contributed by atoms with Gasteiger partial charge in [0, 0.05) is 4.88 Å². The molecule has 7 heteroatoms. The van der Waals surface area contributed by atoms with Gasteiger partial charge in [-0.3, -0.25) is 9.36 Å². The van der Waals surface area contributed by atoms with Crippen molar-refractivity contribution in [3.05, 3.63) is 125 Å². The van der Waals surface area contributed by atoms with E-state index in [4.69, 9.17) is 4.74 Å². The normalized spacial score (nSPS) is 15.9. The summed E-state index contributed by atoms with van der Waals surface area (Å²) in [6, 6.07) is 21.1. The first-order chi connectivity index (χ1) is 17.7. The lowest BCUT2D eigenvalue weighted by Gasteiger charge is -2.23. The van der Waals surface area contributed by atoms with Gasteiger partial charge < -0.3 is 4.74 Å². The molecule has 0 saturated carbocycles. The van der Waals surface area contributed by atoms with Crippen molar-refractivity contribution >= 4 is 34.7 Å². The van der Waals surface area contributed by atoms with Crippen LogP contribution in [0.4, 0.5) is 0 Å². The number of hydrogen-bond donors (Lipinski definition) is 0. The van der Waals surface area contributed by atoms with Gasteiger partial charge in [-0.25, -0.2) is 9.79 Å². The quantitative estimate of drug-likeness (QED) is 0.329. The van der Waals surface area contributed by atoms with E-state index in [-0.39, 0.29) is 17.6 Å². The summed E-state index contributed by atoms with van der Waals surface area (Å²) in [5.41, 5.74) is 3.94. The minimum Gasteiger partial charge on any atom is -0.457 e. The molecule has 4 aromatic rings. The zero-order chi connectivity index (χ0) is 26.2. The van der Waals surface area contributed by atoms with E-state index in [1.54, 1.807) is 4.57 Å². The Hall–Kier alpha value is -3.55. The first-order valence-corrected chi connectivity index (χ1v) is 13.8. The Balaban J connectivity index is 1.55. The van der Waals surface area contributed by atoms with E-state index in [2.05, 4.69) is 37.9 Å². The number of benzene rings is 2. The standard InChI is InChI=1S/C30H28N2O3S2/c1-19-25(28(34)35-18-21-9-6-5-7-10-21)26(23-11-8-16-36-23)32-27(33)24(37-29(32)31-19)17-20-12-14-22(15-13-20)30(2,3)4/h5-17,26H,18H2,1-4H3/b24-17+/t26-/m1/s1. The number of allylic oxidation sites excluding steroid dienone is 1. The van der Waals surface area contributed by atoms with E-state index < -0.39 is 12.0 Å². The Morgan fingerprint density at radius 3 is 2.43 bits per heavy atom. The fraction of sp³-hybridized carbons (Fsp3) is 0.233. The highest BCUT2D eigenvalue weighted by Gasteiger charge is 2.34. The summed E-state index contributed by atoms with van der Waals surface area (Å²) in [5.74, 6) is -0.462. The second kappa shape index (κ2) is 10.1. The molecule has 5 rings (SSSR count). The molecule has 3 heterocycles. The molecule has 0 fully saturated rings. The van der Waals surface area contributed by atoms with Gasteiger partial charge >= 0.3 is 5.97 Å². The summed E-state index contributed by atoms with van der Waals surface area (Å²) in [5, 5.41) is 1.95. The Labute approximate surface area is 223 Å². The topological polar surface area (TPSA) is 60.7 Å². The minimum atomic E-state index is -0.579. The van der Waals surface area contributed by atoms with E-state index >= 15 is 0 Å². The number of thiazole rings is 1. The van der Waals surface area contributed by atoms with Crippen LogP contribution in [-0.4, -0.2) is 10.5 Å². The molecule has 5 nitrogen and oxygen atoms in total. The molecule has 0 saturated heterocycles. The summed E-state index contributed by atoms with van der Waals surface area (Å²) in [4.78, 5) is 33.2. The molecule has 188 valence electrons. The molecule has 0 spiro atoms. The van der Waals surface area contributed by atoms with Gasteiger partial charge in [-0.15, -0.1) is 11.3 Å². The zero-order valence-corrected chi connectivity index (χ0v) is 22.9. The maximum absolute atomic E-state index is 13.7. The average Bonchev–Trinajstić information content (AvgIpc) is 3.51. The molecule has 2 aromatic carbocycles. The number of hydrogen-bond acceptors (Lipinski definition) is 6. The number of esters is 1. The van der Waals surface area contributed by atoms with Gasteiger partial charge in [-0.1, -0.05) is 92.8 Å². The van der Waals surface area contributed by atoms with Crippen molar-refractivity contribution in [1.29, 1.82) is 0 Å². The third-order valence-electron chi connectivity index (χ3n) is 6.34. The van der Waals surface area contributed by atoms with E-state index in [9.17, 15) is 9.59 Å². The summed E-state index contributed by atoms with van der Waals surface area (Å²) in [6.07, 6.45) is 1.90. The van der Waals surface area contributed by atoms with Gasteiger partial charge in [-0.05, 0) is 46.6 Å². The van der Waals surface area contributed by atoms with Gasteiger partial charge in [-0.2, -0.15) is 0 Å². The fourth-order valence-electron chi connectivity index (χ4n) is 4.33. The van der Waals surface area contributed by atoms with E-state index in [1.165, 1.54) is 28.2 Å². The number of carbonyl (C=O) groups is 1. The van der Waals surface area contributed by atoms with Crippen molar-refractivity contribution in [3.63, 3.8) is 0 Å². The summed E-state index contributed by atoms with van der Waals surface area (Å²) in [6.45, 7) is 8.49. The monoisotopic (exact) mass is 528 g/mol. The second-order valence-corrected chi connectivity index (χ2v) is 12.0. The summed E-state index contributed by atoms with van der Waals surface area (Å²) < 4.78 is 7.91. The number of rotatable bonds is 5. The van der Waals surface area contributed by atoms with E-state index in [0.29, 0.717) is 20.6 Å². The lowest BCUT2D eigenvalue weighted by molar-refractivity contribution is -0.140. The molecule has 1 aliphatic rings. The lowest BCUT2D eigenvalue weighted by atomic mass is 9.87. The molecule has 0 aliphatic carbocycles. The average molecular weight is 529 g/mol. The molecule has 0 N–H and O–H groups in total. The summed E-state index contributed by atoms with van der Waals surface area (Å²) >= 11 is 2.85. The van der Waals surface area contributed by atoms with Crippen LogP contribution >= 0.6 is 22.7 Å². The van der Waals surface area contributed by atoms with Gasteiger partial charge in [0.05, 0.1) is 15.8 Å². The smallest absolute Gasteiger partial charge is 0.338 e. The highest BCUT2D eigenvalue weighted by atomic mass is 32.1. The van der Waals surface area contributed by atoms with E-state index in [1.807, 2.05) is 73.0 Å².